The Balaban J connectivity index is 0.769. The van der Waals surface area contributed by atoms with Crippen LogP contribution in [0.15, 0.2) is 170 Å². The van der Waals surface area contributed by atoms with E-state index in [1.54, 1.807) is 0 Å². The van der Waals surface area contributed by atoms with Crippen LogP contribution >= 0.6 is 0 Å². The lowest BCUT2D eigenvalue weighted by atomic mass is 9.66. The van der Waals surface area contributed by atoms with Crippen molar-refractivity contribution in [3.63, 3.8) is 0 Å². The van der Waals surface area contributed by atoms with Gasteiger partial charge in [0.15, 0.2) is 0 Å². The summed E-state index contributed by atoms with van der Waals surface area (Å²) in [6.07, 6.45) is 51.1. The van der Waals surface area contributed by atoms with Crippen molar-refractivity contribution in [1.29, 1.82) is 0 Å². The van der Waals surface area contributed by atoms with E-state index in [2.05, 4.69) is 152 Å². The number of ether oxygens (including phenoxy) is 1. The van der Waals surface area contributed by atoms with E-state index >= 15 is 0 Å². The third kappa shape index (κ3) is 17.3. The van der Waals surface area contributed by atoms with Gasteiger partial charge in [0.25, 0.3) is 0 Å². The Morgan fingerprint density at radius 2 is 0.560 bits per heavy atom. The molecule has 0 heterocycles. The predicted molar refractivity (Wildman–Crippen MR) is 361 cm³/mol. The average molecular weight is 1120 g/mol. The van der Waals surface area contributed by atoms with Crippen LogP contribution in [-0.4, -0.2) is 6.61 Å². The first kappa shape index (κ1) is 61.0. The Bertz CT molecular complexity index is 2720. The van der Waals surface area contributed by atoms with E-state index in [1.165, 1.54) is 272 Å². The van der Waals surface area contributed by atoms with Crippen LogP contribution in [0, 0.1) is 12.3 Å². The fraction of sp³-hybridized carbons (Fsp3) is 0.470. The fourth-order valence-corrected chi connectivity index (χ4v) is 15.1. The number of rotatable bonds is 31. The molecule has 0 amide bonds. The van der Waals surface area contributed by atoms with E-state index in [0.717, 1.165) is 48.5 Å². The van der Waals surface area contributed by atoms with Gasteiger partial charge in [-0.15, -0.1) is 6.42 Å². The molecule has 84 heavy (non-hydrogen) atoms. The quantitative estimate of drug-likeness (QED) is 0.0239. The normalized spacial score (nSPS) is 15.5. The lowest BCUT2D eigenvalue weighted by Gasteiger charge is -2.37. The molecule has 0 spiro atoms. The third-order valence-electron chi connectivity index (χ3n) is 20.3. The molecule has 440 valence electrons. The Hall–Kier alpha value is -6.10. The minimum Gasteiger partial charge on any atom is -0.494 e. The van der Waals surface area contributed by atoms with Gasteiger partial charge >= 0.3 is 0 Å². The molecule has 1 heteroatoms. The zero-order valence-corrected chi connectivity index (χ0v) is 51.6. The highest BCUT2D eigenvalue weighted by Gasteiger charge is 2.36. The number of unbranched alkanes of at least 4 members (excludes halogenated alkanes) is 17. The number of hydrogen-bond acceptors (Lipinski definition) is 1. The van der Waals surface area contributed by atoms with Gasteiger partial charge in [-0.25, -0.2) is 0 Å². The standard InChI is InChI=1S/C83H102O/c1-2-66-36-62-82(63-37-66)84-65-29-18-16-14-12-10-8-6-4-3-5-7-9-11-13-15-17-28-64-83(79-56-50-76(51-57-79)73-44-38-70(39-45-73)67-30-22-19-23-31-67,80-58-52-77(53-59-80)74-46-40-71(41-47-74)68-32-24-20-25-33-68)81-60-54-78(55-61-81)75-48-42-72(43-49-75)69-34-26-21-27-35-69/h1,36-63,67-69H,3-35,64-65H2. The van der Waals surface area contributed by atoms with Crippen molar-refractivity contribution in [1.82, 2.24) is 0 Å². The van der Waals surface area contributed by atoms with Crippen molar-refractivity contribution in [2.45, 2.75) is 241 Å². The molecule has 0 bridgehead atoms. The molecule has 0 saturated heterocycles. The largest absolute Gasteiger partial charge is 0.494 e. The first-order valence-electron chi connectivity index (χ1n) is 34.5. The van der Waals surface area contributed by atoms with Crippen LogP contribution in [0.25, 0.3) is 33.4 Å². The minimum atomic E-state index is -0.302. The summed E-state index contributed by atoms with van der Waals surface area (Å²) in [4.78, 5) is 0. The van der Waals surface area contributed by atoms with Gasteiger partial charge in [0.05, 0.1) is 6.61 Å². The molecule has 3 aliphatic rings. The molecule has 7 aromatic rings. The Morgan fingerprint density at radius 1 is 0.298 bits per heavy atom. The highest BCUT2D eigenvalue weighted by Crippen LogP contribution is 2.46. The van der Waals surface area contributed by atoms with Crippen LogP contribution in [0.1, 0.15) is 275 Å². The lowest BCUT2D eigenvalue weighted by Crippen LogP contribution is -2.29. The van der Waals surface area contributed by atoms with E-state index in [9.17, 15) is 0 Å². The van der Waals surface area contributed by atoms with Crippen molar-refractivity contribution < 1.29 is 4.74 Å². The molecule has 7 aromatic carbocycles. The summed E-state index contributed by atoms with van der Waals surface area (Å²) in [7, 11) is 0. The van der Waals surface area contributed by atoms with Crippen LogP contribution in [0.2, 0.25) is 0 Å². The smallest absolute Gasteiger partial charge is 0.119 e. The number of benzene rings is 7. The molecular weight excluding hydrogens is 1010 g/mol. The SMILES string of the molecule is C#Cc1ccc(OCCCCCCCCCCCCCCCCCCCCC(c2ccc(-c3ccc(C4CCCCC4)cc3)cc2)(c2ccc(-c3ccc(C4CCCCC4)cc3)cc2)c2ccc(-c3ccc(C4CCCCC4)cc3)cc2)cc1. The molecular formula is C83H102O. The molecule has 0 aromatic heterocycles. The second-order valence-corrected chi connectivity index (χ2v) is 26.1. The molecule has 3 fully saturated rings. The fourth-order valence-electron chi connectivity index (χ4n) is 15.1. The molecule has 0 atom stereocenters. The van der Waals surface area contributed by atoms with Crippen molar-refractivity contribution in [2.75, 3.05) is 6.61 Å². The maximum absolute atomic E-state index is 5.89. The van der Waals surface area contributed by atoms with E-state index in [-0.39, 0.29) is 5.41 Å². The average Bonchev–Trinajstić information content (AvgIpc) is 1.63. The van der Waals surface area contributed by atoms with Gasteiger partial charge in [-0.1, -0.05) is 318 Å². The van der Waals surface area contributed by atoms with Crippen LogP contribution in [0.5, 0.6) is 5.75 Å². The lowest BCUT2D eigenvalue weighted by molar-refractivity contribution is 0.304. The third-order valence-corrected chi connectivity index (χ3v) is 20.3. The van der Waals surface area contributed by atoms with Crippen LogP contribution in [0.4, 0.5) is 0 Å². The molecule has 0 N–H and O–H groups in total. The summed E-state index contributed by atoms with van der Waals surface area (Å²) >= 11 is 0. The molecule has 1 nitrogen and oxygen atoms in total. The molecule has 3 aliphatic carbocycles. The molecule has 0 aliphatic heterocycles. The molecule has 3 saturated carbocycles. The van der Waals surface area contributed by atoms with Crippen molar-refractivity contribution in [2.24, 2.45) is 0 Å². The van der Waals surface area contributed by atoms with Crippen LogP contribution in [-0.2, 0) is 5.41 Å². The molecule has 0 radical (unpaired) electrons. The van der Waals surface area contributed by atoms with Crippen molar-refractivity contribution in [3.8, 4) is 51.5 Å². The van der Waals surface area contributed by atoms with Crippen molar-refractivity contribution >= 4 is 0 Å². The second kappa shape index (κ2) is 33.0. The Kier molecular flexibility index (Phi) is 24.0. The van der Waals surface area contributed by atoms with Gasteiger partial charge in [0.2, 0.25) is 0 Å². The van der Waals surface area contributed by atoms with E-state index in [1.807, 2.05) is 24.3 Å². The Labute approximate surface area is 510 Å². The predicted octanol–water partition coefficient (Wildman–Crippen LogP) is 24.6. The summed E-state index contributed by atoms with van der Waals surface area (Å²) in [5, 5.41) is 0. The summed E-state index contributed by atoms with van der Waals surface area (Å²) < 4.78 is 5.89. The zero-order valence-electron chi connectivity index (χ0n) is 51.6. The Morgan fingerprint density at radius 3 is 0.845 bits per heavy atom. The highest BCUT2D eigenvalue weighted by molar-refractivity contribution is 5.69. The van der Waals surface area contributed by atoms with Gasteiger partial charge in [0.1, 0.15) is 5.75 Å². The number of terminal acetylenes is 1. The monoisotopic (exact) mass is 1110 g/mol. The van der Waals surface area contributed by atoms with Gasteiger partial charge in [-0.05, 0) is 160 Å². The summed E-state index contributed by atoms with van der Waals surface area (Å²) in [5.74, 6) is 5.76. The topological polar surface area (TPSA) is 9.23 Å². The highest BCUT2D eigenvalue weighted by atomic mass is 16.5. The van der Waals surface area contributed by atoms with E-state index < -0.39 is 0 Å². The zero-order chi connectivity index (χ0) is 57.3. The maximum atomic E-state index is 5.89. The maximum Gasteiger partial charge on any atom is 0.119 e. The first-order valence-corrected chi connectivity index (χ1v) is 34.5. The minimum absolute atomic E-state index is 0.302. The summed E-state index contributed by atoms with van der Waals surface area (Å²) in [5.41, 5.74) is 17.3. The van der Waals surface area contributed by atoms with Crippen LogP contribution < -0.4 is 4.74 Å². The summed E-state index contributed by atoms with van der Waals surface area (Å²) in [6.45, 7) is 0.794. The summed E-state index contributed by atoms with van der Waals surface area (Å²) in [6, 6.07) is 66.3. The molecule has 0 unspecified atom stereocenters. The van der Waals surface area contributed by atoms with E-state index in [4.69, 9.17) is 11.2 Å². The van der Waals surface area contributed by atoms with Gasteiger partial charge < -0.3 is 4.74 Å². The van der Waals surface area contributed by atoms with E-state index in [0.29, 0.717) is 0 Å². The first-order chi connectivity index (χ1) is 41.6. The van der Waals surface area contributed by atoms with Crippen LogP contribution in [0.3, 0.4) is 0 Å². The number of hydrogen-bond donors (Lipinski definition) is 0. The van der Waals surface area contributed by atoms with Gasteiger partial charge in [0, 0.05) is 11.0 Å². The van der Waals surface area contributed by atoms with Crippen molar-refractivity contribution in [3.05, 3.63) is 209 Å². The van der Waals surface area contributed by atoms with Gasteiger partial charge in [-0.3, -0.25) is 0 Å². The van der Waals surface area contributed by atoms with Gasteiger partial charge in [-0.2, -0.15) is 0 Å². The molecule has 10 rings (SSSR count). The second-order valence-electron chi connectivity index (χ2n) is 26.1.